The third kappa shape index (κ3) is 4.54. The van der Waals surface area contributed by atoms with Gasteiger partial charge < -0.3 is 14.4 Å². The highest BCUT2D eigenvalue weighted by Gasteiger charge is 2.39. The Bertz CT molecular complexity index is 1010. The molecular weight excluding hydrogens is 378 g/mol. The zero-order valence-corrected chi connectivity index (χ0v) is 19.0. The third-order valence-corrected chi connectivity index (χ3v) is 6.12. The van der Waals surface area contributed by atoms with Crippen molar-refractivity contribution in [2.75, 3.05) is 0 Å². The summed E-state index contributed by atoms with van der Waals surface area (Å²) in [4.78, 5) is 25.9. The van der Waals surface area contributed by atoms with Gasteiger partial charge in [-0.25, -0.2) is 4.79 Å². The SMILES string of the molecule is CCCCC(C)(C)OC(=O)C1=C(C)Cc2c1c(C#CC(C)(O)C1CC1)cn(C)c2=O. The van der Waals surface area contributed by atoms with Crippen LogP contribution < -0.4 is 5.56 Å². The van der Waals surface area contributed by atoms with Crippen molar-refractivity contribution in [1.82, 2.24) is 4.57 Å². The second-order valence-corrected chi connectivity index (χ2v) is 9.57. The largest absolute Gasteiger partial charge is 0.456 e. The van der Waals surface area contributed by atoms with Gasteiger partial charge >= 0.3 is 5.97 Å². The van der Waals surface area contributed by atoms with Gasteiger partial charge in [0.1, 0.15) is 11.2 Å². The van der Waals surface area contributed by atoms with Crippen molar-refractivity contribution in [2.45, 2.75) is 84.3 Å². The average Bonchev–Trinajstić information content (AvgIpc) is 3.45. The summed E-state index contributed by atoms with van der Waals surface area (Å²) in [5.41, 5.74) is 1.23. The molecule has 3 rings (SSSR count). The Balaban J connectivity index is 2.02. The van der Waals surface area contributed by atoms with Gasteiger partial charge in [-0.05, 0) is 59.3 Å². The van der Waals surface area contributed by atoms with E-state index < -0.39 is 17.2 Å². The predicted molar refractivity (Wildman–Crippen MR) is 118 cm³/mol. The number of hydrogen-bond acceptors (Lipinski definition) is 4. The molecule has 0 aromatic carbocycles. The molecule has 1 N–H and O–H groups in total. The molecule has 5 nitrogen and oxygen atoms in total. The minimum atomic E-state index is -1.07. The monoisotopic (exact) mass is 411 g/mol. The van der Waals surface area contributed by atoms with Crippen LogP contribution in [-0.4, -0.2) is 26.8 Å². The number of ether oxygens (including phenoxy) is 1. The lowest BCUT2D eigenvalue weighted by atomic mass is 9.97. The Morgan fingerprint density at radius 1 is 1.33 bits per heavy atom. The molecule has 1 aromatic heterocycles. The van der Waals surface area contributed by atoms with Crippen LogP contribution in [0.5, 0.6) is 0 Å². The highest BCUT2D eigenvalue weighted by atomic mass is 16.6. The second kappa shape index (κ2) is 8.07. The summed E-state index contributed by atoms with van der Waals surface area (Å²) in [5, 5.41) is 10.6. The van der Waals surface area contributed by atoms with E-state index in [0.717, 1.165) is 37.7 Å². The molecule has 0 saturated heterocycles. The number of aryl methyl sites for hydroxylation is 1. The molecule has 1 aromatic rings. The van der Waals surface area contributed by atoms with Crippen LogP contribution in [0.2, 0.25) is 0 Å². The zero-order chi connectivity index (χ0) is 22.3. The van der Waals surface area contributed by atoms with Gasteiger partial charge in [-0.2, -0.15) is 0 Å². The van der Waals surface area contributed by atoms with Gasteiger partial charge in [0, 0.05) is 36.4 Å². The number of rotatable bonds is 6. The number of hydrogen-bond donors (Lipinski definition) is 1. The van der Waals surface area contributed by atoms with E-state index in [9.17, 15) is 14.7 Å². The van der Waals surface area contributed by atoms with Crippen molar-refractivity contribution in [2.24, 2.45) is 13.0 Å². The lowest BCUT2D eigenvalue weighted by Crippen LogP contribution is -2.29. The molecule has 0 aliphatic heterocycles. The summed E-state index contributed by atoms with van der Waals surface area (Å²) in [7, 11) is 1.69. The van der Waals surface area contributed by atoms with E-state index in [2.05, 4.69) is 18.8 Å². The summed E-state index contributed by atoms with van der Waals surface area (Å²) in [5.74, 6) is 5.84. The molecule has 0 amide bonds. The highest BCUT2D eigenvalue weighted by Crippen LogP contribution is 2.39. The highest BCUT2D eigenvalue weighted by molar-refractivity contribution is 6.20. The van der Waals surface area contributed by atoms with Crippen LogP contribution in [0.4, 0.5) is 0 Å². The van der Waals surface area contributed by atoms with Crippen LogP contribution >= 0.6 is 0 Å². The number of aromatic nitrogens is 1. The van der Waals surface area contributed by atoms with Crippen molar-refractivity contribution >= 4 is 11.5 Å². The number of nitrogens with zero attached hydrogens (tertiary/aromatic N) is 1. The number of unbranched alkanes of at least 4 members (excludes halogenated alkanes) is 1. The van der Waals surface area contributed by atoms with E-state index >= 15 is 0 Å². The Labute approximate surface area is 179 Å². The quantitative estimate of drug-likeness (QED) is 0.572. The summed E-state index contributed by atoms with van der Waals surface area (Å²) in [6, 6.07) is 0. The topological polar surface area (TPSA) is 68.5 Å². The van der Waals surface area contributed by atoms with E-state index in [1.54, 1.807) is 20.2 Å². The maximum absolute atomic E-state index is 13.2. The molecule has 1 fully saturated rings. The van der Waals surface area contributed by atoms with Crippen molar-refractivity contribution in [1.29, 1.82) is 0 Å². The molecule has 0 bridgehead atoms. The fraction of sp³-hybridized carbons (Fsp3) is 0.600. The van der Waals surface area contributed by atoms with Crippen molar-refractivity contribution < 1.29 is 14.6 Å². The molecule has 2 aliphatic rings. The lowest BCUT2D eigenvalue weighted by molar-refractivity contribution is -0.149. The number of pyridine rings is 1. The Morgan fingerprint density at radius 3 is 2.60 bits per heavy atom. The summed E-state index contributed by atoms with van der Waals surface area (Å²) in [6.45, 7) is 9.54. The molecular formula is C25H33NO4. The lowest BCUT2D eigenvalue weighted by Gasteiger charge is -2.26. The van der Waals surface area contributed by atoms with Crippen molar-refractivity contribution in [3.8, 4) is 11.8 Å². The average molecular weight is 412 g/mol. The Hall–Kier alpha value is -2.32. The van der Waals surface area contributed by atoms with Crippen molar-refractivity contribution in [3.63, 3.8) is 0 Å². The summed E-state index contributed by atoms with van der Waals surface area (Å²) < 4.78 is 7.37. The maximum atomic E-state index is 13.2. The van der Waals surface area contributed by atoms with Crippen LogP contribution in [0.15, 0.2) is 16.6 Å². The number of esters is 1. The molecule has 162 valence electrons. The molecule has 1 atom stereocenters. The first kappa shape index (κ1) is 22.4. The van der Waals surface area contributed by atoms with Gasteiger partial charge in [-0.15, -0.1) is 0 Å². The van der Waals surface area contributed by atoms with E-state index in [1.165, 1.54) is 4.57 Å². The van der Waals surface area contributed by atoms with Gasteiger partial charge in [-0.1, -0.05) is 30.8 Å². The number of fused-ring (bicyclic) bond motifs is 1. The van der Waals surface area contributed by atoms with E-state index in [-0.39, 0.29) is 11.5 Å². The number of carbonyl (C=O) groups excluding carboxylic acids is 1. The Kier molecular flexibility index (Phi) is 6.02. The van der Waals surface area contributed by atoms with Crippen LogP contribution in [0.3, 0.4) is 0 Å². The standard InChI is InChI=1S/C25H33NO4/c1-7-8-12-24(3,4)30-23(28)20-16(2)14-19-21(20)17(15-26(6)22(19)27)11-13-25(5,29)18-9-10-18/h15,18,29H,7-10,12,14H2,1-6H3. The second-order valence-electron chi connectivity index (χ2n) is 9.57. The molecule has 1 unspecified atom stereocenters. The minimum Gasteiger partial charge on any atom is -0.456 e. The molecule has 0 spiro atoms. The van der Waals surface area contributed by atoms with Crippen molar-refractivity contribution in [3.05, 3.63) is 38.8 Å². The summed E-state index contributed by atoms with van der Waals surface area (Å²) >= 11 is 0. The fourth-order valence-corrected chi connectivity index (χ4v) is 4.08. The van der Waals surface area contributed by atoms with Crippen LogP contribution in [0, 0.1) is 17.8 Å². The predicted octanol–water partition coefficient (Wildman–Crippen LogP) is 3.74. The number of allylic oxidation sites excluding steroid dienone is 1. The van der Waals surface area contributed by atoms with E-state index in [4.69, 9.17) is 4.74 Å². The first-order chi connectivity index (χ1) is 14.0. The number of carbonyl (C=O) groups is 1. The molecule has 30 heavy (non-hydrogen) atoms. The maximum Gasteiger partial charge on any atom is 0.339 e. The Morgan fingerprint density at radius 2 is 2.00 bits per heavy atom. The van der Waals surface area contributed by atoms with Gasteiger partial charge in [0.25, 0.3) is 5.56 Å². The van der Waals surface area contributed by atoms with Crippen LogP contribution in [0.1, 0.15) is 83.4 Å². The zero-order valence-electron chi connectivity index (χ0n) is 19.0. The van der Waals surface area contributed by atoms with E-state index in [0.29, 0.717) is 28.7 Å². The molecule has 2 aliphatic carbocycles. The number of aliphatic hydroxyl groups is 1. The van der Waals surface area contributed by atoms with Gasteiger partial charge in [0.2, 0.25) is 0 Å². The first-order valence-corrected chi connectivity index (χ1v) is 10.9. The molecule has 5 heteroatoms. The van der Waals surface area contributed by atoms with Gasteiger partial charge in [0.15, 0.2) is 0 Å². The molecule has 1 saturated carbocycles. The van der Waals surface area contributed by atoms with E-state index in [1.807, 2.05) is 20.8 Å². The first-order valence-electron chi connectivity index (χ1n) is 10.9. The van der Waals surface area contributed by atoms with Crippen LogP contribution in [-0.2, 0) is 23.0 Å². The summed E-state index contributed by atoms with van der Waals surface area (Å²) in [6.07, 6.45) is 6.79. The third-order valence-electron chi connectivity index (χ3n) is 6.12. The van der Waals surface area contributed by atoms with Gasteiger partial charge in [0.05, 0.1) is 5.57 Å². The minimum absolute atomic E-state index is 0.128. The normalized spacial score (nSPS) is 17.8. The molecule has 1 heterocycles. The fourth-order valence-electron chi connectivity index (χ4n) is 4.08. The smallest absolute Gasteiger partial charge is 0.339 e. The van der Waals surface area contributed by atoms with Gasteiger partial charge in [-0.3, -0.25) is 4.79 Å². The van der Waals surface area contributed by atoms with Crippen LogP contribution in [0.25, 0.3) is 5.57 Å². The molecule has 0 radical (unpaired) electrons.